The molecule has 1 N–H and O–H groups in total. The zero-order chi connectivity index (χ0) is 16.1. The Morgan fingerprint density at radius 1 is 1.27 bits per heavy atom. The van der Waals surface area contributed by atoms with E-state index in [1.54, 1.807) is 0 Å². The number of hydrogen-bond acceptors (Lipinski definition) is 2. The van der Waals surface area contributed by atoms with E-state index in [0.717, 1.165) is 25.7 Å². The van der Waals surface area contributed by atoms with Crippen LogP contribution in [0.5, 0.6) is 5.75 Å². The molecule has 5 heteroatoms. The fourth-order valence-corrected chi connectivity index (χ4v) is 3.17. The maximum atomic E-state index is 12.0. The lowest BCUT2D eigenvalue weighted by Gasteiger charge is -2.11. The Balaban J connectivity index is 1.95. The lowest BCUT2D eigenvalue weighted by atomic mass is 10.2. The zero-order valence-electron chi connectivity index (χ0n) is 12.5. The van der Waals surface area contributed by atoms with Gasteiger partial charge in [-0.2, -0.15) is 0 Å². The number of ether oxygens (including phenoxy) is 1. The first-order chi connectivity index (χ1) is 10.5. The predicted octanol–water partition coefficient (Wildman–Crippen LogP) is 4.94. The van der Waals surface area contributed by atoms with Crippen molar-refractivity contribution in [3.05, 3.63) is 55.6 Å². The molecule has 0 spiro atoms. The molecule has 22 heavy (non-hydrogen) atoms. The van der Waals surface area contributed by atoms with Crippen LogP contribution in [0.25, 0.3) is 0 Å². The van der Waals surface area contributed by atoms with Crippen LogP contribution in [0.4, 0.5) is 5.69 Å². The van der Waals surface area contributed by atoms with Crippen molar-refractivity contribution < 1.29 is 9.53 Å². The quantitative estimate of drug-likeness (QED) is 0.624. The van der Waals surface area contributed by atoms with Gasteiger partial charge in [-0.25, -0.2) is 0 Å². The molecule has 0 aliphatic heterocycles. The fraction of sp³-hybridized carbons (Fsp3) is 0.235. The van der Waals surface area contributed by atoms with E-state index in [1.807, 2.05) is 43.3 Å². The Morgan fingerprint density at radius 3 is 2.68 bits per heavy atom. The fourth-order valence-electron chi connectivity index (χ4n) is 1.98. The van der Waals surface area contributed by atoms with Gasteiger partial charge in [0.2, 0.25) is 0 Å². The minimum absolute atomic E-state index is 0.0184. The molecule has 0 heterocycles. The van der Waals surface area contributed by atoms with Crippen molar-refractivity contribution in [1.29, 1.82) is 0 Å². The molecule has 0 fully saturated rings. The summed E-state index contributed by atoms with van der Waals surface area (Å²) in [6.07, 6.45) is 0.964. The highest BCUT2D eigenvalue weighted by molar-refractivity contribution is 14.1. The summed E-state index contributed by atoms with van der Waals surface area (Å²) in [5, 5.41) is 2.87. The molecule has 0 bridgehead atoms. The number of halogens is 2. The Bertz CT molecular complexity index is 688. The molecule has 0 aliphatic rings. The number of carbonyl (C=O) groups is 1. The van der Waals surface area contributed by atoms with Crippen LogP contribution in [-0.2, 0) is 11.2 Å². The van der Waals surface area contributed by atoms with E-state index in [4.69, 9.17) is 4.74 Å². The van der Waals surface area contributed by atoms with Gasteiger partial charge in [0, 0.05) is 9.26 Å². The summed E-state index contributed by atoms with van der Waals surface area (Å²) in [6.45, 7) is 4.05. The first kappa shape index (κ1) is 17.3. The number of nitrogens with one attached hydrogen (secondary N) is 1. The largest absolute Gasteiger partial charge is 0.483 e. The maximum absolute atomic E-state index is 12.0. The van der Waals surface area contributed by atoms with Crippen molar-refractivity contribution >= 4 is 50.1 Å². The van der Waals surface area contributed by atoms with Crippen molar-refractivity contribution in [2.24, 2.45) is 0 Å². The third kappa shape index (κ3) is 4.71. The molecule has 2 aromatic rings. The molecule has 2 aromatic carbocycles. The number of hydrogen-bond donors (Lipinski definition) is 1. The van der Waals surface area contributed by atoms with Crippen LogP contribution in [0.3, 0.4) is 0 Å². The zero-order valence-corrected chi connectivity index (χ0v) is 16.2. The topological polar surface area (TPSA) is 38.3 Å². The number of amides is 1. The normalized spacial score (nSPS) is 10.4. The van der Waals surface area contributed by atoms with E-state index in [9.17, 15) is 4.79 Å². The van der Waals surface area contributed by atoms with Gasteiger partial charge in [0.1, 0.15) is 5.75 Å². The van der Waals surface area contributed by atoms with E-state index in [0.29, 0.717) is 5.75 Å². The van der Waals surface area contributed by atoms with Crippen molar-refractivity contribution in [3.63, 3.8) is 0 Å². The van der Waals surface area contributed by atoms with Crippen molar-refractivity contribution in [2.45, 2.75) is 20.3 Å². The number of aryl methyl sites for hydroxylation is 2. The second-order valence-corrected chi connectivity index (χ2v) is 7.01. The van der Waals surface area contributed by atoms with Gasteiger partial charge in [-0.05, 0) is 93.3 Å². The summed E-state index contributed by atoms with van der Waals surface area (Å²) < 4.78 is 7.58. The van der Waals surface area contributed by atoms with Gasteiger partial charge in [0.25, 0.3) is 5.91 Å². The second-order valence-electron chi connectivity index (χ2n) is 4.91. The number of rotatable bonds is 5. The summed E-state index contributed by atoms with van der Waals surface area (Å²) in [4.78, 5) is 12.0. The Kier molecular flexibility index (Phi) is 6.26. The molecular formula is C17H17BrINO2. The third-order valence-electron chi connectivity index (χ3n) is 3.23. The average Bonchev–Trinajstić information content (AvgIpc) is 2.48. The number of anilines is 1. The predicted molar refractivity (Wildman–Crippen MR) is 102 cm³/mol. The number of benzene rings is 2. The molecule has 1 amide bonds. The van der Waals surface area contributed by atoms with Gasteiger partial charge in [-0.15, -0.1) is 0 Å². The molecule has 0 radical (unpaired) electrons. The summed E-state index contributed by atoms with van der Waals surface area (Å²) >= 11 is 5.71. The lowest BCUT2D eigenvalue weighted by molar-refractivity contribution is -0.118. The molecule has 0 aliphatic carbocycles. The van der Waals surface area contributed by atoms with E-state index in [1.165, 1.54) is 5.56 Å². The summed E-state index contributed by atoms with van der Waals surface area (Å²) in [6, 6.07) is 11.8. The highest BCUT2D eigenvalue weighted by Crippen LogP contribution is 2.26. The van der Waals surface area contributed by atoms with Crippen LogP contribution in [-0.4, -0.2) is 12.5 Å². The first-order valence-electron chi connectivity index (χ1n) is 6.97. The molecule has 0 unspecified atom stereocenters. The minimum Gasteiger partial charge on any atom is -0.483 e. The Morgan fingerprint density at radius 2 is 2.05 bits per heavy atom. The number of carbonyl (C=O) groups excluding carboxylic acids is 1. The van der Waals surface area contributed by atoms with E-state index in [-0.39, 0.29) is 12.5 Å². The van der Waals surface area contributed by atoms with Gasteiger partial charge in [0.15, 0.2) is 6.61 Å². The van der Waals surface area contributed by atoms with Gasteiger partial charge < -0.3 is 10.1 Å². The van der Waals surface area contributed by atoms with Crippen molar-refractivity contribution in [2.75, 3.05) is 11.9 Å². The van der Waals surface area contributed by atoms with Crippen LogP contribution in [0.1, 0.15) is 18.1 Å². The summed E-state index contributed by atoms with van der Waals surface area (Å²) in [5.74, 6) is 0.502. The second kappa shape index (κ2) is 7.97. The highest BCUT2D eigenvalue weighted by atomic mass is 127. The SMILES string of the molecule is CCc1ccc(OCC(=O)Nc2ccc(I)cc2C)c(Br)c1. The van der Waals surface area contributed by atoms with E-state index < -0.39 is 0 Å². The van der Waals surface area contributed by atoms with Crippen LogP contribution >= 0.6 is 38.5 Å². The van der Waals surface area contributed by atoms with Crippen LogP contribution in [0.2, 0.25) is 0 Å². The van der Waals surface area contributed by atoms with Crippen molar-refractivity contribution in [3.8, 4) is 5.75 Å². The van der Waals surface area contributed by atoms with Gasteiger partial charge in [0.05, 0.1) is 4.47 Å². The van der Waals surface area contributed by atoms with Crippen LogP contribution < -0.4 is 10.1 Å². The molecule has 0 atom stereocenters. The first-order valence-corrected chi connectivity index (χ1v) is 8.84. The molecule has 2 rings (SSSR count). The highest BCUT2D eigenvalue weighted by Gasteiger charge is 2.08. The van der Waals surface area contributed by atoms with E-state index in [2.05, 4.69) is 50.8 Å². The van der Waals surface area contributed by atoms with Gasteiger partial charge in [-0.1, -0.05) is 13.0 Å². The minimum atomic E-state index is -0.171. The van der Waals surface area contributed by atoms with Crippen LogP contribution in [0.15, 0.2) is 40.9 Å². The molecule has 0 saturated carbocycles. The standard InChI is InChI=1S/C17H17BrINO2/c1-3-12-4-7-16(14(18)9-12)22-10-17(21)20-15-6-5-13(19)8-11(15)2/h4-9H,3,10H2,1-2H3,(H,20,21). The molecule has 116 valence electrons. The average molecular weight is 474 g/mol. The summed E-state index contributed by atoms with van der Waals surface area (Å²) in [5.41, 5.74) is 3.07. The molecular weight excluding hydrogens is 457 g/mol. The Hall–Kier alpha value is -1.08. The Labute approximate surface area is 152 Å². The molecule has 3 nitrogen and oxygen atoms in total. The van der Waals surface area contributed by atoms with Crippen LogP contribution in [0, 0.1) is 10.5 Å². The van der Waals surface area contributed by atoms with Gasteiger partial charge >= 0.3 is 0 Å². The third-order valence-corrected chi connectivity index (χ3v) is 4.52. The van der Waals surface area contributed by atoms with Gasteiger partial charge in [-0.3, -0.25) is 4.79 Å². The van der Waals surface area contributed by atoms with E-state index >= 15 is 0 Å². The molecule has 0 aromatic heterocycles. The lowest BCUT2D eigenvalue weighted by Crippen LogP contribution is -2.20. The molecule has 0 saturated heterocycles. The smallest absolute Gasteiger partial charge is 0.262 e. The summed E-state index contributed by atoms with van der Waals surface area (Å²) in [7, 11) is 0. The van der Waals surface area contributed by atoms with Crippen molar-refractivity contribution in [1.82, 2.24) is 0 Å². The monoisotopic (exact) mass is 473 g/mol. The maximum Gasteiger partial charge on any atom is 0.262 e.